The number of nitrogens with one attached hydrogen (secondary N) is 3. The first-order valence-corrected chi connectivity index (χ1v) is 19.2. The predicted molar refractivity (Wildman–Crippen MR) is 200 cm³/mol. The molecule has 3 N–H and O–H groups in total. The molecule has 59 heavy (non-hydrogen) atoms. The van der Waals surface area contributed by atoms with Crippen LogP contribution in [-0.4, -0.2) is 110 Å². The number of urea groups is 1. The molecule has 4 aliphatic rings. The van der Waals surface area contributed by atoms with Crippen LogP contribution in [0.25, 0.3) is 11.5 Å². The Morgan fingerprint density at radius 3 is 2.49 bits per heavy atom. The van der Waals surface area contributed by atoms with Gasteiger partial charge in [-0.25, -0.2) is 33.6 Å². The van der Waals surface area contributed by atoms with E-state index in [1.807, 2.05) is 12.1 Å². The van der Waals surface area contributed by atoms with Crippen molar-refractivity contribution < 1.29 is 45.5 Å². The van der Waals surface area contributed by atoms with E-state index in [1.54, 1.807) is 6.07 Å². The van der Waals surface area contributed by atoms with E-state index in [1.165, 1.54) is 39.2 Å². The minimum absolute atomic E-state index is 0.0762. The third-order valence-electron chi connectivity index (χ3n) is 11.1. The van der Waals surface area contributed by atoms with Gasteiger partial charge in [0.1, 0.15) is 18.6 Å². The maximum absolute atomic E-state index is 14.1. The molecule has 4 aromatic rings. The first kappa shape index (κ1) is 39.7. The van der Waals surface area contributed by atoms with E-state index >= 15 is 0 Å². The van der Waals surface area contributed by atoms with Crippen LogP contribution in [0.1, 0.15) is 76.7 Å². The van der Waals surface area contributed by atoms with Crippen molar-refractivity contribution in [2.75, 3.05) is 61.3 Å². The molecule has 3 fully saturated rings. The van der Waals surface area contributed by atoms with E-state index < -0.39 is 36.8 Å². The van der Waals surface area contributed by atoms with Crippen molar-refractivity contribution in [3.8, 4) is 11.5 Å². The molecular weight excluding hydrogens is 785 g/mol. The minimum atomic E-state index is -4.46. The van der Waals surface area contributed by atoms with Gasteiger partial charge in [0.2, 0.25) is 11.8 Å². The molecule has 3 saturated heterocycles. The number of nitrogens with zero attached hydrogens (tertiary/aromatic N) is 8. The number of hydrogen-bond donors (Lipinski definition) is 3. The lowest BCUT2D eigenvalue weighted by atomic mass is 9.94. The topological polar surface area (TPSA) is 174 Å². The molecule has 0 aliphatic carbocycles. The number of piperidine rings is 2. The lowest BCUT2D eigenvalue weighted by Crippen LogP contribution is -2.56. The number of hydrazine groups is 1. The number of imide groups is 1. The maximum atomic E-state index is 14.1. The monoisotopic (exact) mass is 825 g/mol. The second-order valence-corrected chi connectivity index (χ2v) is 15.0. The summed E-state index contributed by atoms with van der Waals surface area (Å²) < 4.78 is 72.9. The number of alkyl halides is 5. The summed E-state index contributed by atoms with van der Waals surface area (Å²) in [4.78, 5) is 62.7. The summed E-state index contributed by atoms with van der Waals surface area (Å²) in [5.74, 6) is -1.14. The fraction of sp³-hybridized carbons (Fsp3) is 0.447. The van der Waals surface area contributed by atoms with Gasteiger partial charge in [-0.2, -0.15) is 18.3 Å². The fourth-order valence-corrected chi connectivity index (χ4v) is 7.97. The Morgan fingerprint density at radius 1 is 0.983 bits per heavy atom. The van der Waals surface area contributed by atoms with Gasteiger partial charge in [-0.3, -0.25) is 24.4 Å². The molecule has 0 unspecified atom stereocenters. The van der Waals surface area contributed by atoms with Gasteiger partial charge in [0.15, 0.2) is 11.4 Å². The average Bonchev–Trinajstić information content (AvgIpc) is 3.96. The summed E-state index contributed by atoms with van der Waals surface area (Å²) >= 11 is 0. The van der Waals surface area contributed by atoms with Crippen LogP contribution < -0.4 is 20.9 Å². The van der Waals surface area contributed by atoms with E-state index in [-0.39, 0.29) is 66.0 Å². The maximum Gasteiger partial charge on any atom is 0.405 e. The number of halogens is 5. The molecular formula is C38H40F5N11O5. The molecule has 21 heteroatoms. The van der Waals surface area contributed by atoms with Crippen LogP contribution in [0, 0.1) is 5.92 Å². The summed E-state index contributed by atoms with van der Waals surface area (Å²) in [5.41, 5.74) is 1.68. The molecule has 0 saturated carbocycles. The second kappa shape index (κ2) is 16.3. The van der Waals surface area contributed by atoms with Crippen molar-refractivity contribution in [2.24, 2.45) is 5.92 Å². The van der Waals surface area contributed by atoms with Crippen LogP contribution in [0.5, 0.6) is 0 Å². The molecule has 8 rings (SSSR count). The van der Waals surface area contributed by atoms with E-state index in [0.29, 0.717) is 24.3 Å². The Balaban J connectivity index is 0.815. The van der Waals surface area contributed by atoms with E-state index in [0.717, 1.165) is 63.1 Å². The normalized spacial score (nSPS) is 18.5. The Morgan fingerprint density at radius 2 is 1.76 bits per heavy atom. The first-order chi connectivity index (χ1) is 28.3. The van der Waals surface area contributed by atoms with Crippen LogP contribution >= 0.6 is 0 Å². The van der Waals surface area contributed by atoms with Crippen LogP contribution in [0.3, 0.4) is 0 Å². The number of amides is 5. The number of benzene rings is 1. The summed E-state index contributed by atoms with van der Waals surface area (Å²) in [5, 5.41) is 13.7. The zero-order chi connectivity index (χ0) is 41.4. The van der Waals surface area contributed by atoms with Gasteiger partial charge < -0.3 is 24.9 Å². The quantitative estimate of drug-likeness (QED) is 0.164. The highest BCUT2D eigenvalue weighted by molar-refractivity contribution is 6.03. The van der Waals surface area contributed by atoms with Crippen molar-refractivity contribution in [2.45, 2.75) is 57.3 Å². The van der Waals surface area contributed by atoms with Gasteiger partial charge in [0, 0.05) is 68.4 Å². The zero-order valence-corrected chi connectivity index (χ0v) is 31.6. The first-order valence-electron chi connectivity index (χ1n) is 19.2. The molecule has 16 nitrogen and oxygen atoms in total. The molecule has 0 atom stereocenters. The molecule has 7 heterocycles. The van der Waals surface area contributed by atoms with E-state index in [4.69, 9.17) is 4.42 Å². The molecule has 3 aromatic heterocycles. The number of likely N-dealkylation sites (tertiary alicyclic amines) is 1. The number of rotatable bonds is 11. The molecule has 0 bridgehead atoms. The van der Waals surface area contributed by atoms with E-state index in [9.17, 15) is 41.1 Å². The molecule has 0 radical (unpaired) electrons. The van der Waals surface area contributed by atoms with Crippen molar-refractivity contribution in [1.82, 2.24) is 40.0 Å². The summed E-state index contributed by atoms with van der Waals surface area (Å²) in [7, 11) is 0. The number of oxazole rings is 1. The van der Waals surface area contributed by atoms with Crippen LogP contribution in [0.2, 0.25) is 0 Å². The summed E-state index contributed by atoms with van der Waals surface area (Å²) in [6.07, 6.45) is -0.320. The van der Waals surface area contributed by atoms with Crippen LogP contribution in [0.4, 0.5) is 43.9 Å². The number of hydrogen-bond acceptors (Lipinski definition) is 11. The molecule has 4 aliphatic heterocycles. The van der Waals surface area contributed by atoms with Crippen molar-refractivity contribution >= 4 is 40.9 Å². The highest BCUT2D eigenvalue weighted by atomic mass is 19.4. The van der Waals surface area contributed by atoms with Gasteiger partial charge in [-0.15, -0.1) is 0 Å². The Kier molecular flexibility index (Phi) is 10.9. The number of aromatic nitrogens is 4. The lowest BCUT2D eigenvalue weighted by Gasteiger charge is -2.38. The van der Waals surface area contributed by atoms with Crippen molar-refractivity contribution in [1.29, 1.82) is 0 Å². The highest BCUT2D eigenvalue weighted by Gasteiger charge is 2.37. The van der Waals surface area contributed by atoms with Gasteiger partial charge in [0.05, 0.1) is 24.8 Å². The smallest absolute Gasteiger partial charge is 0.405 e. The minimum Gasteiger partial charge on any atom is -0.444 e. The lowest BCUT2D eigenvalue weighted by molar-refractivity contribution is -0.123. The van der Waals surface area contributed by atoms with Crippen LogP contribution in [-0.2, 0) is 11.3 Å². The Labute approximate surface area is 333 Å². The number of pyridine rings is 1. The third-order valence-corrected chi connectivity index (χ3v) is 11.1. The fourth-order valence-electron chi connectivity index (χ4n) is 7.97. The number of anilines is 3. The number of carbonyl (C=O) groups excluding carboxylic acids is 4. The van der Waals surface area contributed by atoms with E-state index in [2.05, 4.69) is 40.8 Å². The van der Waals surface area contributed by atoms with Crippen molar-refractivity contribution in [3.63, 3.8) is 0 Å². The number of fused-ring (bicyclic) bond motifs is 1. The summed E-state index contributed by atoms with van der Waals surface area (Å²) in [6, 6.07) is 7.70. The SMILES string of the molecule is O=C1CCN(N2Cc3cc(N4CCC(CN5CCC(n6cc(NC(=O)c7coc(-c8ccnc(NCC(F)(F)F)c8)n7)c(C(F)F)n6)CC5)CC4)ccc3C2=O)C(=O)N1. The Hall–Kier alpha value is -6.12. The van der Waals surface area contributed by atoms with Crippen LogP contribution in [0.15, 0.2) is 53.4 Å². The molecule has 312 valence electrons. The molecule has 0 spiro atoms. The largest absolute Gasteiger partial charge is 0.444 e. The summed E-state index contributed by atoms with van der Waals surface area (Å²) in [6.45, 7) is 3.20. The Bertz CT molecular complexity index is 2230. The standard InChI is InChI=1S/C38H40F5N11O5/c39-33(40)32-28(46-34(56)29-20-59-35(47-29)23-3-9-44-30(16-23)45-21-38(41,42)43)19-52(49-32)25-6-10-50(11-7-25)17-22-4-12-51(13-5-22)26-1-2-27-24(15-26)18-54(36(27)57)53-14-8-31(55)48-37(53)58/h1-3,9,15-16,19-20,22,25,33H,4-8,10-14,17-18,21H2,(H,44,45)(H,46,56)(H,48,55,58). The predicted octanol–water partition coefficient (Wildman–Crippen LogP) is 5.46. The van der Waals surface area contributed by atoms with Gasteiger partial charge in [-0.1, -0.05) is 0 Å². The van der Waals surface area contributed by atoms with Gasteiger partial charge in [0.25, 0.3) is 18.2 Å². The van der Waals surface area contributed by atoms with Crippen molar-refractivity contribution in [3.05, 3.63) is 71.5 Å². The molecule has 1 aromatic carbocycles. The molecule has 5 amide bonds. The zero-order valence-electron chi connectivity index (χ0n) is 31.6. The number of carbonyl (C=O) groups is 4. The third kappa shape index (κ3) is 8.83. The average molecular weight is 826 g/mol. The highest BCUT2D eigenvalue weighted by Crippen LogP contribution is 2.34. The van der Waals surface area contributed by atoms with Gasteiger partial charge in [-0.05, 0) is 67.5 Å². The second-order valence-electron chi connectivity index (χ2n) is 15.0. The van der Waals surface area contributed by atoms with Gasteiger partial charge >= 0.3 is 12.2 Å².